The number of carbonyl (C=O) groups excluding carboxylic acids is 1. The number of hydrazone groups is 1. The van der Waals surface area contributed by atoms with Gasteiger partial charge in [0.05, 0.1) is 5.69 Å². The lowest BCUT2D eigenvalue weighted by Gasteiger charge is -2.09. The molecule has 5 heteroatoms. The predicted octanol–water partition coefficient (Wildman–Crippen LogP) is 3.17. The van der Waals surface area contributed by atoms with Crippen molar-refractivity contribution in [2.75, 3.05) is 12.0 Å². The van der Waals surface area contributed by atoms with Crippen molar-refractivity contribution in [1.82, 2.24) is 5.32 Å². The van der Waals surface area contributed by atoms with Crippen LogP contribution in [0.25, 0.3) is 11.1 Å². The molecule has 0 radical (unpaired) electrons. The van der Waals surface area contributed by atoms with Crippen molar-refractivity contribution in [3.8, 4) is 17.2 Å². The molecule has 0 aliphatic heterocycles. The summed E-state index contributed by atoms with van der Waals surface area (Å²) in [5.74, 6) is 0.120. The number of para-hydroxylation sites is 1. The average Bonchev–Trinajstić information content (AvgIpc) is 3.46. The smallest absolute Gasteiger partial charge is 0.282 e. The molecule has 0 saturated heterocycles. The first-order chi connectivity index (χ1) is 11.8. The van der Waals surface area contributed by atoms with E-state index in [0.29, 0.717) is 12.5 Å². The van der Waals surface area contributed by atoms with Crippen molar-refractivity contribution in [1.29, 1.82) is 5.26 Å². The summed E-state index contributed by atoms with van der Waals surface area (Å²) < 4.78 is 0. The summed E-state index contributed by atoms with van der Waals surface area (Å²) in [4.78, 5) is 12.0. The summed E-state index contributed by atoms with van der Waals surface area (Å²) in [6.45, 7) is 0.611. The third-order valence-corrected chi connectivity index (χ3v) is 3.87. The number of rotatable bonds is 6. The number of amides is 1. The minimum absolute atomic E-state index is 0.168. The van der Waals surface area contributed by atoms with Gasteiger partial charge in [-0.1, -0.05) is 48.5 Å². The van der Waals surface area contributed by atoms with Crippen LogP contribution in [0.3, 0.4) is 0 Å². The normalized spacial score (nSPS) is 13.9. The molecule has 2 aromatic rings. The Bertz CT molecular complexity index is 789. The van der Waals surface area contributed by atoms with E-state index < -0.39 is 5.91 Å². The van der Waals surface area contributed by atoms with E-state index in [0.717, 1.165) is 29.7 Å². The molecule has 1 fully saturated rings. The molecule has 5 nitrogen and oxygen atoms in total. The highest BCUT2D eigenvalue weighted by atomic mass is 16.1. The summed E-state index contributed by atoms with van der Waals surface area (Å²) in [5, 5.41) is 15.9. The van der Waals surface area contributed by atoms with Crippen molar-refractivity contribution in [3.05, 3.63) is 54.6 Å². The number of anilines is 1. The Morgan fingerprint density at radius 2 is 1.83 bits per heavy atom. The summed E-state index contributed by atoms with van der Waals surface area (Å²) in [6.07, 6.45) is 2.28. The second kappa shape index (κ2) is 7.42. The van der Waals surface area contributed by atoms with Gasteiger partial charge in [-0.2, -0.15) is 10.4 Å². The lowest BCUT2D eigenvalue weighted by molar-refractivity contribution is -0.114. The molecule has 3 rings (SSSR count). The quantitative estimate of drug-likeness (QED) is 0.634. The fourth-order valence-electron chi connectivity index (χ4n) is 2.34. The largest absolute Gasteiger partial charge is 0.350 e. The molecular formula is C19H18N4O. The molecule has 1 aliphatic rings. The highest BCUT2D eigenvalue weighted by Crippen LogP contribution is 2.28. The van der Waals surface area contributed by atoms with Gasteiger partial charge in [-0.3, -0.25) is 10.2 Å². The predicted molar refractivity (Wildman–Crippen MR) is 94.3 cm³/mol. The van der Waals surface area contributed by atoms with Crippen LogP contribution < -0.4 is 10.7 Å². The van der Waals surface area contributed by atoms with E-state index >= 15 is 0 Å². The highest BCUT2D eigenvalue weighted by molar-refractivity contribution is 6.45. The van der Waals surface area contributed by atoms with Crippen LogP contribution in [0, 0.1) is 17.2 Å². The van der Waals surface area contributed by atoms with E-state index in [2.05, 4.69) is 15.8 Å². The maximum atomic E-state index is 12.0. The monoisotopic (exact) mass is 318 g/mol. The Balaban J connectivity index is 1.75. The number of nitrogens with one attached hydrogen (secondary N) is 2. The zero-order chi connectivity index (χ0) is 16.8. The van der Waals surface area contributed by atoms with Gasteiger partial charge in [-0.05, 0) is 30.4 Å². The van der Waals surface area contributed by atoms with E-state index in [-0.39, 0.29) is 5.71 Å². The van der Waals surface area contributed by atoms with E-state index in [9.17, 15) is 4.79 Å². The van der Waals surface area contributed by atoms with Crippen LogP contribution in [-0.2, 0) is 4.79 Å². The molecule has 0 atom stereocenters. The molecule has 0 bridgehead atoms. The fourth-order valence-corrected chi connectivity index (χ4v) is 2.34. The van der Waals surface area contributed by atoms with Crippen LogP contribution in [-0.4, -0.2) is 18.2 Å². The maximum absolute atomic E-state index is 12.0. The Kier molecular flexibility index (Phi) is 4.87. The average molecular weight is 318 g/mol. The fraction of sp³-hybridized carbons (Fsp3) is 0.211. The van der Waals surface area contributed by atoms with Crippen LogP contribution in [0.15, 0.2) is 59.7 Å². The summed E-state index contributed by atoms with van der Waals surface area (Å²) >= 11 is 0. The standard InChI is InChI=1S/C19H18N4O/c20-12-18(19(24)21-13-14-10-11-14)23-22-17-9-5-4-8-16(17)15-6-2-1-3-7-15/h1-9,14,22H,10-11,13H2,(H,21,24)/b23-18+. The lowest BCUT2D eigenvalue weighted by atomic mass is 10.0. The molecule has 1 saturated carbocycles. The molecule has 0 heterocycles. The minimum atomic E-state index is -0.436. The number of carbonyl (C=O) groups is 1. The second-order valence-electron chi connectivity index (χ2n) is 5.75. The Labute approximate surface area is 141 Å². The van der Waals surface area contributed by atoms with Gasteiger partial charge in [0.25, 0.3) is 5.91 Å². The van der Waals surface area contributed by atoms with Gasteiger partial charge in [0.1, 0.15) is 6.07 Å². The maximum Gasteiger partial charge on any atom is 0.282 e. The van der Waals surface area contributed by atoms with Crippen LogP contribution in [0.4, 0.5) is 5.69 Å². The van der Waals surface area contributed by atoms with Crippen LogP contribution >= 0.6 is 0 Å². The summed E-state index contributed by atoms with van der Waals surface area (Å²) in [5.41, 5.74) is 5.42. The van der Waals surface area contributed by atoms with Gasteiger partial charge in [0.15, 0.2) is 0 Å². The third-order valence-electron chi connectivity index (χ3n) is 3.87. The molecule has 24 heavy (non-hydrogen) atoms. The number of hydrogen-bond donors (Lipinski definition) is 2. The van der Waals surface area contributed by atoms with Gasteiger partial charge in [0.2, 0.25) is 5.71 Å². The molecule has 1 amide bonds. The highest BCUT2D eigenvalue weighted by Gasteiger charge is 2.22. The molecule has 2 aromatic carbocycles. The van der Waals surface area contributed by atoms with Crippen molar-refractivity contribution in [3.63, 3.8) is 0 Å². The zero-order valence-corrected chi connectivity index (χ0v) is 13.2. The van der Waals surface area contributed by atoms with Gasteiger partial charge in [-0.25, -0.2) is 0 Å². The Hall–Kier alpha value is -3.13. The summed E-state index contributed by atoms with van der Waals surface area (Å²) in [7, 11) is 0. The van der Waals surface area contributed by atoms with Crippen molar-refractivity contribution in [2.45, 2.75) is 12.8 Å². The molecule has 0 unspecified atom stereocenters. The number of nitriles is 1. The molecule has 120 valence electrons. The minimum Gasteiger partial charge on any atom is -0.350 e. The lowest BCUT2D eigenvalue weighted by Crippen LogP contribution is -2.32. The first-order valence-corrected chi connectivity index (χ1v) is 7.94. The zero-order valence-electron chi connectivity index (χ0n) is 13.2. The van der Waals surface area contributed by atoms with Crippen molar-refractivity contribution >= 4 is 17.3 Å². The number of hydrogen-bond acceptors (Lipinski definition) is 4. The van der Waals surface area contributed by atoms with Gasteiger partial charge in [0, 0.05) is 12.1 Å². The first-order valence-electron chi connectivity index (χ1n) is 7.94. The van der Waals surface area contributed by atoms with Gasteiger partial charge >= 0.3 is 0 Å². The molecule has 1 aliphatic carbocycles. The number of benzene rings is 2. The van der Waals surface area contributed by atoms with Gasteiger partial charge in [-0.15, -0.1) is 0 Å². The SMILES string of the molecule is N#C/C(=N\Nc1ccccc1-c1ccccc1)C(=O)NCC1CC1. The summed E-state index contributed by atoms with van der Waals surface area (Å²) in [6, 6.07) is 19.4. The molecule has 0 aromatic heterocycles. The second-order valence-corrected chi connectivity index (χ2v) is 5.75. The molecular weight excluding hydrogens is 300 g/mol. The van der Waals surface area contributed by atoms with E-state index in [1.807, 2.05) is 60.7 Å². The van der Waals surface area contributed by atoms with Crippen LogP contribution in [0.5, 0.6) is 0 Å². The van der Waals surface area contributed by atoms with Crippen molar-refractivity contribution < 1.29 is 4.79 Å². The Morgan fingerprint density at radius 1 is 1.12 bits per heavy atom. The third kappa shape index (κ3) is 3.99. The van der Waals surface area contributed by atoms with Gasteiger partial charge < -0.3 is 5.32 Å². The Morgan fingerprint density at radius 3 is 2.54 bits per heavy atom. The first kappa shape index (κ1) is 15.8. The molecule has 0 spiro atoms. The topological polar surface area (TPSA) is 77.3 Å². The van der Waals surface area contributed by atoms with Crippen LogP contribution in [0.2, 0.25) is 0 Å². The van der Waals surface area contributed by atoms with E-state index in [1.54, 1.807) is 0 Å². The molecule has 2 N–H and O–H groups in total. The van der Waals surface area contributed by atoms with Crippen molar-refractivity contribution in [2.24, 2.45) is 11.0 Å². The number of nitrogens with zero attached hydrogens (tertiary/aromatic N) is 2. The van der Waals surface area contributed by atoms with E-state index in [4.69, 9.17) is 5.26 Å². The van der Waals surface area contributed by atoms with Crippen LogP contribution in [0.1, 0.15) is 12.8 Å². The van der Waals surface area contributed by atoms with E-state index in [1.165, 1.54) is 0 Å².